The number of nitrogens with two attached hydrogens (primary N) is 1. The predicted octanol–water partition coefficient (Wildman–Crippen LogP) is 1.48. The second-order valence-electron chi connectivity index (χ2n) is 4.84. The van der Waals surface area contributed by atoms with E-state index in [2.05, 4.69) is 17.3 Å². The lowest BCUT2D eigenvalue weighted by Crippen LogP contribution is -2.47. The Bertz CT molecular complexity index is 376. The van der Waals surface area contributed by atoms with Crippen LogP contribution in [0.4, 0.5) is 0 Å². The van der Waals surface area contributed by atoms with Crippen molar-refractivity contribution in [2.24, 2.45) is 12.8 Å². The van der Waals surface area contributed by atoms with Gasteiger partial charge < -0.3 is 11.1 Å². The molecule has 0 saturated carbocycles. The molecule has 3 N–H and O–H groups in total. The molecule has 5 nitrogen and oxygen atoms in total. The number of halogens is 1. The highest BCUT2D eigenvalue weighted by atomic mass is 35.5. The number of amides is 1. The molecule has 18 heavy (non-hydrogen) atoms. The van der Waals surface area contributed by atoms with Gasteiger partial charge in [0, 0.05) is 25.3 Å². The first-order chi connectivity index (χ1) is 7.94. The summed E-state index contributed by atoms with van der Waals surface area (Å²) in [6.07, 6.45) is 6.35. The topological polar surface area (TPSA) is 72.9 Å². The van der Waals surface area contributed by atoms with Gasteiger partial charge in [-0.05, 0) is 13.3 Å². The minimum atomic E-state index is -0.339. The Balaban J connectivity index is 0.00000289. The van der Waals surface area contributed by atoms with Crippen molar-refractivity contribution in [2.75, 3.05) is 6.54 Å². The lowest BCUT2D eigenvalue weighted by molar-refractivity contribution is 0.0943. The van der Waals surface area contributed by atoms with Gasteiger partial charge in [0.15, 0.2) is 0 Å². The van der Waals surface area contributed by atoms with Gasteiger partial charge in [-0.2, -0.15) is 5.10 Å². The van der Waals surface area contributed by atoms with Crippen LogP contribution in [0.3, 0.4) is 0 Å². The lowest BCUT2D eigenvalue weighted by atomic mass is 9.96. The molecule has 104 valence electrons. The van der Waals surface area contributed by atoms with Crippen LogP contribution in [0.1, 0.15) is 43.5 Å². The first kappa shape index (κ1) is 16.9. The molecule has 1 heterocycles. The molecule has 0 fully saturated rings. The average molecular weight is 275 g/mol. The summed E-state index contributed by atoms with van der Waals surface area (Å²) in [6.45, 7) is 4.58. The summed E-state index contributed by atoms with van der Waals surface area (Å²) in [5.74, 6) is -0.119. The van der Waals surface area contributed by atoms with E-state index in [1.165, 1.54) is 0 Å². The second-order valence-corrected chi connectivity index (χ2v) is 4.84. The number of rotatable bonds is 6. The quantitative estimate of drug-likeness (QED) is 0.825. The zero-order valence-electron chi connectivity index (χ0n) is 11.3. The van der Waals surface area contributed by atoms with Gasteiger partial charge in [0.1, 0.15) is 0 Å². The Kier molecular flexibility index (Phi) is 6.94. The third-order valence-electron chi connectivity index (χ3n) is 2.72. The molecule has 0 aromatic carbocycles. The van der Waals surface area contributed by atoms with Gasteiger partial charge in [-0.15, -0.1) is 12.4 Å². The number of nitrogens with one attached hydrogen (secondary N) is 1. The number of carbonyl (C=O) groups is 1. The second kappa shape index (κ2) is 7.38. The van der Waals surface area contributed by atoms with E-state index < -0.39 is 0 Å². The molecule has 1 amide bonds. The smallest absolute Gasteiger partial charge is 0.254 e. The van der Waals surface area contributed by atoms with E-state index in [0.29, 0.717) is 12.1 Å². The number of unbranched alkanes of at least 4 members (excludes halogenated alkanes) is 1. The molecule has 0 aliphatic rings. The molecule has 0 saturated heterocycles. The van der Waals surface area contributed by atoms with E-state index >= 15 is 0 Å². The molecule has 0 aliphatic heterocycles. The van der Waals surface area contributed by atoms with E-state index in [9.17, 15) is 4.79 Å². The van der Waals surface area contributed by atoms with Crippen LogP contribution in [-0.4, -0.2) is 27.8 Å². The van der Waals surface area contributed by atoms with E-state index in [1.807, 2.05) is 6.92 Å². The number of aromatic nitrogens is 2. The Morgan fingerprint density at radius 2 is 2.28 bits per heavy atom. The number of aryl methyl sites for hydroxylation is 1. The molecule has 1 aromatic heterocycles. The molecular weight excluding hydrogens is 252 g/mol. The van der Waals surface area contributed by atoms with Gasteiger partial charge in [0.2, 0.25) is 0 Å². The van der Waals surface area contributed by atoms with Crippen LogP contribution in [-0.2, 0) is 7.05 Å². The molecule has 0 radical (unpaired) electrons. The highest BCUT2D eigenvalue weighted by Crippen LogP contribution is 2.09. The van der Waals surface area contributed by atoms with Gasteiger partial charge in [0.25, 0.3) is 5.91 Å². The van der Waals surface area contributed by atoms with Crippen LogP contribution >= 0.6 is 12.4 Å². The van der Waals surface area contributed by atoms with Gasteiger partial charge in [-0.3, -0.25) is 9.48 Å². The summed E-state index contributed by atoms with van der Waals surface area (Å²) in [7, 11) is 1.78. The summed E-state index contributed by atoms with van der Waals surface area (Å²) in [6, 6.07) is 0. The van der Waals surface area contributed by atoms with E-state index in [0.717, 1.165) is 19.3 Å². The molecule has 0 bridgehead atoms. The maximum Gasteiger partial charge on any atom is 0.254 e. The van der Waals surface area contributed by atoms with Gasteiger partial charge >= 0.3 is 0 Å². The summed E-state index contributed by atoms with van der Waals surface area (Å²) >= 11 is 0. The summed E-state index contributed by atoms with van der Waals surface area (Å²) < 4.78 is 1.60. The van der Waals surface area contributed by atoms with Crippen molar-refractivity contribution in [1.82, 2.24) is 15.1 Å². The number of hydrogen-bond acceptors (Lipinski definition) is 3. The third-order valence-corrected chi connectivity index (χ3v) is 2.72. The van der Waals surface area contributed by atoms with E-state index in [4.69, 9.17) is 5.73 Å². The van der Waals surface area contributed by atoms with Crippen LogP contribution in [0.15, 0.2) is 12.4 Å². The van der Waals surface area contributed by atoms with Crippen molar-refractivity contribution in [2.45, 2.75) is 38.6 Å². The molecule has 1 aromatic rings. The van der Waals surface area contributed by atoms with Crippen molar-refractivity contribution in [1.29, 1.82) is 0 Å². The van der Waals surface area contributed by atoms with Crippen molar-refractivity contribution in [3.8, 4) is 0 Å². The molecule has 1 rings (SSSR count). The standard InChI is InChI=1S/C12H22N4O.ClH/c1-4-5-6-12(2,13)9-14-11(17)10-7-15-16(3)8-10;/h7-8H,4-6,9,13H2,1-3H3,(H,14,17);1H. The largest absolute Gasteiger partial charge is 0.350 e. The third kappa shape index (κ3) is 5.51. The molecule has 1 unspecified atom stereocenters. The number of nitrogens with zero attached hydrogens (tertiary/aromatic N) is 2. The van der Waals surface area contributed by atoms with Gasteiger partial charge in [-0.25, -0.2) is 0 Å². The monoisotopic (exact) mass is 274 g/mol. The van der Waals surface area contributed by atoms with E-state index in [1.54, 1.807) is 24.1 Å². The zero-order valence-corrected chi connectivity index (χ0v) is 12.1. The van der Waals surface area contributed by atoms with Crippen LogP contribution in [0.5, 0.6) is 0 Å². The van der Waals surface area contributed by atoms with Crippen molar-refractivity contribution < 1.29 is 4.79 Å². The summed E-state index contributed by atoms with van der Waals surface area (Å²) in [5.41, 5.74) is 6.33. The van der Waals surface area contributed by atoms with E-state index in [-0.39, 0.29) is 23.9 Å². The Morgan fingerprint density at radius 1 is 1.61 bits per heavy atom. The molecular formula is C12H23ClN4O. The van der Waals surface area contributed by atoms with Crippen molar-refractivity contribution in [3.05, 3.63) is 18.0 Å². The normalized spacial score (nSPS) is 13.6. The van der Waals surface area contributed by atoms with Crippen molar-refractivity contribution >= 4 is 18.3 Å². The fraction of sp³-hybridized carbons (Fsp3) is 0.667. The highest BCUT2D eigenvalue weighted by Gasteiger charge is 2.19. The van der Waals surface area contributed by atoms with Crippen LogP contribution in [0.25, 0.3) is 0 Å². The fourth-order valence-electron chi connectivity index (χ4n) is 1.59. The molecule has 1 atom stereocenters. The van der Waals surface area contributed by atoms with Crippen LogP contribution < -0.4 is 11.1 Å². The highest BCUT2D eigenvalue weighted by molar-refractivity contribution is 5.93. The van der Waals surface area contributed by atoms with Crippen molar-refractivity contribution in [3.63, 3.8) is 0 Å². The number of carbonyl (C=O) groups excluding carboxylic acids is 1. The first-order valence-electron chi connectivity index (χ1n) is 6.00. The summed E-state index contributed by atoms with van der Waals surface area (Å²) in [4.78, 5) is 11.8. The fourth-order valence-corrected chi connectivity index (χ4v) is 1.59. The zero-order chi connectivity index (χ0) is 12.9. The first-order valence-corrected chi connectivity index (χ1v) is 6.00. The number of hydrogen-bond donors (Lipinski definition) is 2. The van der Waals surface area contributed by atoms with Crippen LogP contribution in [0.2, 0.25) is 0 Å². The Labute approximate surface area is 115 Å². The Morgan fingerprint density at radius 3 is 2.78 bits per heavy atom. The lowest BCUT2D eigenvalue weighted by Gasteiger charge is -2.24. The summed E-state index contributed by atoms with van der Waals surface area (Å²) in [5, 5.41) is 6.80. The Hall–Kier alpha value is -1.07. The predicted molar refractivity (Wildman–Crippen MR) is 74.9 cm³/mol. The minimum Gasteiger partial charge on any atom is -0.350 e. The SMILES string of the molecule is CCCCC(C)(N)CNC(=O)c1cnn(C)c1.Cl. The van der Waals surface area contributed by atoms with Crippen LogP contribution in [0, 0.1) is 0 Å². The van der Waals surface area contributed by atoms with Gasteiger partial charge in [-0.1, -0.05) is 19.8 Å². The maximum absolute atomic E-state index is 11.8. The minimum absolute atomic E-state index is 0. The molecule has 0 spiro atoms. The molecule has 6 heteroatoms. The molecule has 0 aliphatic carbocycles. The average Bonchev–Trinajstić information content (AvgIpc) is 2.70. The maximum atomic E-state index is 11.8. The van der Waals surface area contributed by atoms with Gasteiger partial charge in [0.05, 0.1) is 11.8 Å².